The predicted octanol–water partition coefficient (Wildman–Crippen LogP) is 1.41. The molecule has 1 aromatic heterocycles. The summed E-state index contributed by atoms with van der Waals surface area (Å²) in [5.41, 5.74) is 2.11. The summed E-state index contributed by atoms with van der Waals surface area (Å²) in [5.74, 6) is -0.0911. The minimum absolute atomic E-state index is 0.0847. The van der Waals surface area contributed by atoms with E-state index >= 15 is 0 Å². The van der Waals surface area contributed by atoms with Crippen molar-refractivity contribution in [3.8, 4) is 0 Å². The van der Waals surface area contributed by atoms with Gasteiger partial charge in [0, 0.05) is 26.2 Å². The zero-order valence-corrected chi connectivity index (χ0v) is 11.6. The molecule has 0 aliphatic rings. The van der Waals surface area contributed by atoms with Crippen molar-refractivity contribution in [2.24, 2.45) is 14.1 Å². The number of nitrogens with zero attached hydrogens (tertiary/aromatic N) is 2. The summed E-state index contributed by atoms with van der Waals surface area (Å²) in [6.45, 7) is 2.76. The van der Waals surface area contributed by atoms with Gasteiger partial charge in [-0.3, -0.25) is 13.9 Å². The third-order valence-corrected chi connectivity index (χ3v) is 3.35. The SMILES string of the molecule is CCCCNC(=O)c1ccc2c(c1)n(C)c(=O)n2C. The lowest BCUT2D eigenvalue weighted by atomic mass is 10.2. The van der Waals surface area contributed by atoms with Crippen molar-refractivity contribution in [3.05, 3.63) is 34.2 Å². The highest BCUT2D eigenvalue weighted by molar-refractivity contribution is 5.97. The molecule has 0 bridgehead atoms. The van der Waals surface area contributed by atoms with Crippen molar-refractivity contribution in [3.63, 3.8) is 0 Å². The second-order valence-electron chi connectivity index (χ2n) is 4.71. The molecule has 2 aromatic rings. The van der Waals surface area contributed by atoms with Crippen molar-refractivity contribution in [2.45, 2.75) is 19.8 Å². The summed E-state index contributed by atoms with van der Waals surface area (Å²) >= 11 is 0. The molecule has 1 aromatic carbocycles. The maximum atomic E-state index is 12.0. The van der Waals surface area contributed by atoms with Crippen molar-refractivity contribution < 1.29 is 4.79 Å². The van der Waals surface area contributed by atoms with Gasteiger partial charge in [0.2, 0.25) is 0 Å². The molecule has 0 atom stereocenters. The highest BCUT2D eigenvalue weighted by Gasteiger charge is 2.11. The standard InChI is InChI=1S/C14H19N3O2/c1-4-5-8-15-13(18)10-6-7-11-12(9-10)17(3)14(19)16(11)2/h6-7,9H,4-5,8H2,1-3H3,(H,15,18). The lowest BCUT2D eigenvalue weighted by molar-refractivity contribution is 0.0953. The van der Waals surface area contributed by atoms with Crippen molar-refractivity contribution in [2.75, 3.05) is 6.54 Å². The zero-order valence-electron chi connectivity index (χ0n) is 11.6. The van der Waals surface area contributed by atoms with Crippen LogP contribution in [-0.2, 0) is 14.1 Å². The Hall–Kier alpha value is -2.04. The van der Waals surface area contributed by atoms with E-state index in [0.717, 1.165) is 23.9 Å². The molecule has 0 aliphatic carbocycles. The molecule has 5 nitrogen and oxygen atoms in total. The van der Waals surface area contributed by atoms with Crippen LogP contribution in [0.5, 0.6) is 0 Å². The van der Waals surface area contributed by atoms with Gasteiger partial charge in [-0.15, -0.1) is 0 Å². The predicted molar refractivity (Wildman–Crippen MR) is 75.4 cm³/mol. The van der Waals surface area contributed by atoms with Crippen LogP contribution in [0.3, 0.4) is 0 Å². The number of hydrogen-bond acceptors (Lipinski definition) is 2. The first kappa shape index (κ1) is 13.4. The van der Waals surface area contributed by atoms with Crippen LogP contribution in [0.15, 0.2) is 23.0 Å². The average Bonchev–Trinajstić information content (AvgIpc) is 2.64. The monoisotopic (exact) mass is 261 g/mol. The molecule has 0 spiro atoms. The van der Waals surface area contributed by atoms with Crippen molar-refractivity contribution >= 4 is 16.9 Å². The molecule has 2 rings (SSSR count). The topological polar surface area (TPSA) is 56.0 Å². The second kappa shape index (κ2) is 5.30. The molecule has 0 fully saturated rings. The molecule has 1 heterocycles. The fourth-order valence-corrected chi connectivity index (χ4v) is 2.13. The van der Waals surface area contributed by atoms with Crippen LogP contribution in [0.4, 0.5) is 0 Å². The van der Waals surface area contributed by atoms with E-state index in [4.69, 9.17) is 0 Å². The van der Waals surface area contributed by atoms with Gasteiger partial charge in [-0.2, -0.15) is 0 Å². The average molecular weight is 261 g/mol. The number of amides is 1. The molecule has 0 radical (unpaired) electrons. The minimum Gasteiger partial charge on any atom is -0.352 e. The Balaban J connectivity index is 2.34. The summed E-state index contributed by atoms with van der Waals surface area (Å²) in [6, 6.07) is 5.33. The number of carbonyl (C=O) groups excluding carboxylic acids is 1. The van der Waals surface area contributed by atoms with E-state index in [0.29, 0.717) is 12.1 Å². The van der Waals surface area contributed by atoms with Crippen molar-refractivity contribution in [1.29, 1.82) is 0 Å². The smallest absolute Gasteiger partial charge is 0.328 e. The number of imidazole rings is 1. The Kier molecular flexibility index (Phi) is 3.74. The van der Waals surface area contributed by atoms with E-state index < -0.39 is 0 Å². The van der Waals surface area contributed by atoms with Gasteiger partial charge in [0.1, 0.15) is 0 Å². The number of hydrogen-bond donors (Lipinski definition) is 1. The van der Waals surface area contributed by atoms with Gasteiger partial charge in [0.05, 0.1) is 11.0 Å². The molecule has 1 N–H and O–H groups in total. The first-order valence-electron chi connectivity index (χ1n) is 6.50. The van der Waals surface area contributed by atoms with Crippen LogP contribution in [-0.4, -0.2) is 21.6 Å². The fraction of sp³-hybridized carbons (Fsp3) is 0.429. The summed E-state index contributed by atoms with van der Waals surface area (Å²) in [6.07, 6.45) is 2.02. The number of carbonyl (C=O) groups is 1. The van der Waals surface area contributed by atoms with Crippen LogP contribution < -0.4 is 11.0 Å². The lowest BCUT2D eigenvalue weighted by Gasteiger charge is -2.05. The number of benzene rings is 1. The number of unbranched alkanes of at least 4 members (excludes halogenated alkanes) is 1. The van der Waals surface area contributed by atoms with E-state index in [-0.39, 0.29) is 11.6 Å². The Bertz CT molecular complexity index is 667. The van der Waals surface area contributed by atoms with Gasteiger partial charge in [0.25, 0.3) is 5.91 Å². The molecule has 1 amide bonds. The van der Waals surface area contributed by atoms with Gasteiger partial charge in [-0.25, -0.2) is 4.79 Å². The molecule has 0 aliphatic heterocycles. The third-order valence-electron chi connectivity index (χ3n) is 3.35. The summed E-state index contributed by atoms with van der Waals surface area (Å²) < 4.78 is 3.13. The molecule has 0 unspecified atom stereocenters. The van der Waals surface area contributed by atoms with E-state index in [2.05, 4.69) is 12.2 Å². The Morgan fingerprint density at radius 3 is 2.58 bits per heavy atom. The first-order valence-corrected chi connectivity index (χ1v) is 6.50. The van der Waals surface area contributed by atoms with Gasteiger partial charge in [-0.05, 0) is 24.6 Å². The Morgan fingerprint density at radius 1 is 1.21 bits per heavy atom. The van der Waals surface area contributed by atoms with Crippen LogP contribution in [0, 0.1) is 0 Å². The zero-order chi connectivity index (χ0) is 14.0. The quantitative estimate of drug-likeness (QED) is 0.846. The molecular weight excluding hydrogens is 242 g/mol. The summed E-state index contributed by atoms with van der Waals surface area (Å²) in [4.78, 5) is 23.8. The third kappa shape index (κ3) is 2.41. The van der Waals surface area contributed by atoms with Gasteiger partial charge in [0.15, 0.2) is 0 Å². The van der Waals surface area contributed by atoms with E-state index in [1.165, 1.54) is 0 Å². The molecule has 5 heteroatoms. The van der Waals surface area contributed by atoms with Gasteiger partial charge >= 0.3 is 5.69 Å². The van der Waals surface area contributed by atoms with Crippen LogP contribution in [0.25, 0.3) is 11.0 Å². The number of aryl methyl sites for hydroxylation is 2. The van der Waals surface area contributed by atoms with Crippen molar-refractivity contribution in [1.82, 2.24) is 14.5 Å². The lowest BCUT2D eigenvalue weighted by Crippen LogP contribution is -2.24. The maximum absolute atomic E-state index is 12.0. The van der Waals surface area contributed by atoms with E-state index in [9.17, 15) is 9.59 Å². The number of aromatic nitrogens is 2. The van der Waals surface area contributed by atoms with Gasteiger partial charge in [-0.1, -0.05) is 13.3 Å². The largest absolute Gasteiger partial charge is 0.352 e. The highest BCUT2D eigenvalue weighted by atomic mass is 16.2. The van der Waals surface area contributed by atoms with Gasteiger partial charge < -0.3 is 5.32 Å². The molecule has 0 saturated heterocycles. The number of rotatable bonds is 4. The molecular formula is C14H19N3O2. The Morgan fingerprint density at radius 2 is 1.89 bits per heavy atom. The molecule has 102 valence electrons. The molecule has 0 saturated carbocycles. The van der Waals surface area contributed by atoms with E-state index in [1.807, 2.05) is 6.07 Å². The summed E-state index contributed by atoms with van der Waals surface area (Å²) in [7, 11) is 3.44. The Labute approximate surface area is 111 Å². The van der Waals surface area contributed by atoms with E-state index in [1.54, 1.807) is 35.4 Å². The van der Waals surface area contributed by atoms with Crippen LogP contribution in [0.1, 0.15) is 30.1 Å². The van der Waals surface area contributed by atoms with Crippen LogP contribution in [0.2, 0.25) is 0 Å². The maximum Gasteiger partial charge on any atom is 0.328 e. The number of fused-ring (bicyclic) bond motifs is 1. The highest BCUT2D eigenvalue weighted by Crippen LogP contribution is 2.13. The minimum atomic E-state index is -0.0911. The fourth-order valence-electron chi connectivity index (χ4n) is 2.13. The second-order valence-corrected chi connectivity index (χ2v) is 4.71. The number of nitrogens with one attached hydrogen (secondary N) is 1. The molecule has 19 heavy (non-hydrogen) atoms. The normalized spacial score (nSPS) is 10.9. The van der Waals surface area contributed by atoms with Crippen LogP contribution >= 0.6 is 0 Å². The summed E-state index contributed by atoms with van der Waals surface area (Å²) in [5, 5.41) is 2.87. The first-order chi connectivity index (χ1) is 9.06.